The average molecular weight is 450 g/mol. The van der Waals surface area contributed by atoms with E-state index >= 15 is 0 Å². The summed E-state index contributed by atoms with van der Waals surface area (Å²) in [4.78, 5) is 37.4. The number of hydrogen-bond acceptors (Lipinski definition) is 5. The average Bonchev–Trinajstić information content (AvgIpc) is 1.98. The van der Waals surface area contributed by atoms with Crippen LogP contribution in [0, 0.1) is 6.61 Å². The summed E-state index contributed by atoms with van der Waals surface area (Å²) < 4.78 is 3.94. The van der Waals surface area contributed by atoms with Gasteiger partial charge in [0.05, 0.1) is 0 Å². The Balaban J connectivity index is -0.0000000489. The molecule has 8 nitrogen and oxygen atoms in total. The summed E-state index contributed by atoms with van der Waals surface area (Å²) >= 11 is 0. The fraction of sp³-hybridized carbons (Fsp3) is 0.375. The van der Waals surface area contributed by atoms with Crippen molar-refractivity contribution < 1.29 is 80.1 Å². The molecule has 0 aromatic rings. The molecular weight excluding hydrogens is 437 g/mol. The Morgan fingerprint density at radius 2 is 1.06 bits per heavy atom. The maximum absolute atomic E-state index is 9.83. The molecule has 0 heterocycles. The zero-order valence-corrected chi connectivity index (χ0v) is 12.7. The molecule has 0 fully saturated rings. The molecule has 0 saturated heterocycles. The van der Waals surface area contributed by atoms with Gasteiger partial charge >= 0.3 is 0 Å². The second-order valence-electron chi connectivity index (χ2n) is 2.10. The Labute approximate surface area is 131 Å². The molecule has 0 rings (SSSR count). The molecular formula is C8H13O8Pd2-. The Bertz CT molecular complexity index is 219. The second-order valence-corrected chi connectivity index (χ2v) is 2.10. The number of esters is 1. The van der Waals surface area contributed by atoms with Crippen molar-refractivity contribution in [2.75, 3.05) is 0 Å². The molecule has 0 spiro atoms. The smallest absolute Gasteiger partial charge is 0.300 e. The Hall–Kier alpha value is -0.925. The maximum Gasteiger partial charge on any atom is 0.300 e. The molecule has 3 N–H and O–H groups in total. The third-order valence-electron chi connectivity index (χ3n) is 0.326. The van der Waals surface area contributed by atoms with E-state index in [1.165, 1.54) is 0 Å². The van der Waals surface area contributed by atoms with Crippen molar-refractivity contribution >= 4 is 23.9 Å². The summed E-state index contributed by atoms with van der Waals surface area (Å²) in [7, 11) is 0. The van der Waals surface area contributed by atoms with Crippen LogP contribution in [-0.2, 0) is 64.8 Å². The van der Waals surface area contributed by atoms with Crippen LogP contribution in [0.3, 0.4) is 0 Å². The van der Waals surface area contributed by atoms with Crippen LogP contribution in [0.15, 0.2) is 0 Å². The summed E-state index contributed by atoms with van der Waals surface area (Å²) in [6, 6.07) is 0. The molecule has 0 bridgehead atoms. The molecule has 0 aromatic carbocycles. The number of hydrogen-bond donors (Lipinski definition) is 3. The van der Waals surface area contributed by atoms with E-state index in [9.17, 15) is 9.59 Å². The molecule has 18 heavy (non-hydrogen) atoms. The Morgan fingerprint density at radius 1 is 0.833 bits per heavy atom. The van der Waals surface area contributed by atoms with Gasteiger partial charge in [0.15, 0.2) is 5.97 Å². The molecule has 0 unspecified atom stereocenters. The van der Waals surface area contributed by atoms with Gasteiger partial charge in [0.1, 0.15) is 0 Å². The molecule has 0 atom stereocenters. The zero-order chi connectivity index (χ0) is 13.7. The van der Waals surface area contributed by atoms with Gasteiger partial charge in [-0.15, -0.1) is 6.61 Å². The number of rotatable bonds is 2. The van der Waals surface area contributed by atoms with E-state index in [4.69, 9.17) is 24.9 Å². The molecule has 114 valence electrons. The van der Waals surface area contributed by atoms with Crippen LogP contribution in [0.4, 0.5) is 0 Å². The number of carbonyl (C=O) groups is 4. The van der Waals surface area contributed by atoms with Gasteiger partial charge in [-0.05, 0) is 0 Å². The van der Waals surface area contributed by atoms with Crippen molar-refractivity contribution in [2.45, 2.75) is 20.8 Å². The van der Waals surface area contributed by atoms with Gasteiger partial charge in [-0.2, -0.15) is 0 Å². The molecule has 0 aromatic heterocycles. The zero-order valence-electron chi connectivity index (χ0n) is 9.59. The molecule has 0 aliphatic rings. The van der Waals surface area contributed by atoms with Gasteiger partial charge in [-0.3, -0.25) is 19.2 Å². The van der Waals surface area contributed by atoms with Gasteiger partial charge < -0.3 is 20.1 Å². The van der Waals surface area contributed by atoms with Crippen molar-refractivity contribution in [2.24, 2.45) is 0 Å². The van der Waals surface area contributed by atoms with Gasteiger partial charge in [0.25, 0.3) is 17.9 Å². The first-order valence-corrected chi connectivity index (χ1v) is 3.72. The SMILES string of the molecule is CC(=O)O.CC(=O)O.CC(=O)O[CH-]C(=O)O.[Pd].[Pd]. The molecule has 0 aliphatic heterocycles. The Kier molecular flexibility index (Phi) is 35.9. The van der Waals surface area contributed by atoms with E-state index in [2.05, 4.69) is 4.74 Å². The first kappa shape index (κ1) is 30.3. The number of aliphatic carboxylic acids is 3. The fourth-order valence-corrected chi connectivity index (χ4v) is 0.133. The first-order valence-electron chi connectivity index (χ1n) is 3.72. The predicted octanol–water partition coefficient (Wildman–Crippen LogP) is -0.0273. The van der Waals surface area contributed by atoms with Crippen LogP contribution < -0.4 is 0 Å². The Morgan fingerprint density at radius 3 is 1.11 bits per heavy atom. The van der Waals surface area contributed by atoms with Gasteiger partial charge in [0.2, 0.25) is 0 Å². The van der Waals surface area contributed by atoms with E-state index in [0.29, 0.717) is 6.61 Å². The van der Waals surface area contributed by atoms with Crippen LogP contribution >= 0.6 is 0 Å². The summed E-state index contributed by atoms with van der Waals surface area (Å²) in [5.41, 5.74) is 0. The fourth-order valence-electron chi connectivity index (χ4n) is 0.133. The minimum Gasteiger partial charge on any atom is -0.607 e. The van der Waals surface area contributed by atoms with Crippen molar-refractivity contribution in [1.29, 1.82) is 0 Å². The monoisotopic (exact) mass is 449 g/mol. The number of carbonyl (C=O) groups excluding carboxylic acids is 1. The van der Waals surface area contributed by atoms with E-state index in [-0.39, 0.29) is 40.8 Å². The van der Waals surface area contributed by atoms with Crippen LogP contribution in [-0.4, -0.2) is 39.2 Å². The van der Waals surface area contributed by atoms with E-state index < -0.39 is 23.9 Å². The van der Waals surface area contributed by atoms with Crippen LogP contribution in [0.25, 0.3) is 0 Å². The second kappa shape index (κ2) is 21.4. The van der Waals surface area contributed by atoms with E-state index in [1.54, 1.807) is 0 Å². The van der Waals surface area contributed by atoms with Gasteiger partial charge in [-0.1, -0.05) is 0 Å². The van der Waals surface area contributed by atoms with Crippen molar-refractivity contribution in [3.63, 3.8) is 0 Å². The molecule has 10 heteroatoms. The third kappa shape index (κ3) is 180. The quantitative estimate of drug-likeness (QED) is 0.303. The molecule has 0 amide bonds. The number of carboxylic acid groups (broad SMARTS) is 3. The van der Waals surface area contributed by atoms with Gasteiger partial charge in [0, 0.05) is 61.6 Å². The first-order chi connectivity index (χ1) is 7.09. The van der Waals surface area contributed by atoms with Crippen molar-refractivity contribution in [3.8, 4) is 0 Å². The topological polar surface area (TPSA) is 138 Å². The summed E-state index contributed by atoms with van der Waals surface area (Å²) in [6.07, 6.45) is 0. The van der Waals surface area contributed by atoms with Crippen LogP contribution in [0.2, 0.25) is 0 Å². The third-order valence-corrected chi connectivity index (χ3v) is 0.326. The van der Waals surface area contributed by atoms with Crippen LogP contribution in [0.1, 0.15) is 20.8 Å². The largest absolute Gasteiger partial charge is 0.607 e. The summed E-state index contributed by atoms with van der Waals surface area (Å²) in [5, 5.41) is 22.7. The summed E-state index contributed by atoms with van der Waals surface area (Å²) in [5.74, 6) is -3.56. The molecule has 0 saturated carbocycles. The summed E-state index contributed by atoms with van der Waals surface area (Å²) in [6.45, 7) is 3.72. The molecule has 0 radical (unpaired) electrons. The number of ether oxygens (including phenoxy) is 1. The van der Waals surface area contributed by atoms with Crippen molar-refractivity contribution in [1.82, 2.24) is 0 Å². The van der Waals surface area contributed by atoms with Crippen LogP contribution in [0.5, 0.6) is 0 Å². The normalized spacial score (nSPS) is 6.17. The molecule has 0 aliphatic carbocycles. The maximum atomic E-state index is 9.83. The number of carboxylic acids is 3. The minimum absolute atomic E-state index is 0. The van der Waals surface area contributed by atoms with E-state index in [0.717, 1.165) is 20.8 Å². The minimum atomic E-state index is -1.26. The van der Waals surface area contributed by atoms with E-state index in [1.807, 2.05) is 0 Å². The van der Waals surface area contributed by atoms with Gasteiger partial charge in [-0.25, -0.2) is 0 Å². The standard InChI is InChI=1S/C4H5O4.2C2H4O2.2Pd/c1-3(5)8-2-4(6)7;2*1-2(3)4;;/h2H,1H3,(H,6,7);2*1H3,(H,3,4);;/q-1;;;;. The predicted molar refractivity (Wildman–Crippen MR) is 50.3 cm³/mol. The van der Waals surface area contributed by atoms with Crippen molar-refractivity contribution in [3.05, 3.63) is 6.61 Å².